The lowest BCUT2D eigenvalue weighted by Crippen LogP contribution is -2.30. The van der Waals surface area contributed by atoms with Crippen LogP contribution in [0.3, 0.4) is 0 Å². The van der Waals surface area contributed by atoms with Crippen LogP contribution in [0.2, 0.25) is 0 Å². The predicted molar refractivity (Wildman–Crippen MR) is 105 cm³/mol. The smallest absolute Gasteiger partial charge is 0.277 e. The maximum Gasteiger partial charge on any atom is 0.277 e. The lowest BCUT2D eigenvalue weighted by Gasteiger charge is -2.17. The molecule has 1 N–H and O–H groups in total. The average Bonchev–Trinajstić information content (AvgIpc) is 3.11. The van der Waals surface area contributed by atoms with Crippen molar-refractivity contribution in [2.45, 2.75) is 13.3 Å². The van der Waals surface area contributed by atoms with Gasteiger partial charge in [0.1, 0.15) is 23.1 Å². The predicted octanol–water partition coefficient (Wildman–Crippen LogP) is 3.74. The van der Waals surface area contributed by atoms with Gasteiger partial charge in [-0.05, 0) is 49.2 Å². The zero-order valence-corrected chi connectivity index (χ0v) is 15.3. The van der Waals surface area contributed by atoms with Crippen molar-refractivity contribution in [2.75, 3.05) is 23.9 Å². The molecular formula is C21H20N4O2. The van der Waals surface area contributed by atoms with E-state index in [1.807, 2.05) is 42.5 Å². The van der Waals surface area contributed by atoms with Gasteiger partial charge in [0.15, 0.2) is 0 Å². The molecule has 2 heterocycles. The van der Waals surface area contributed by atoms with Crippen molar-refractivity contribution in [2.24, 2.45) is 0 Å². The minimum Gasteiger partial charge on any atom is -0.497 e. The third kappa shape index (κ3) is 3.46. The van der Waals surface area contributed by atoms with Crippen LogP contribution in [0, 0.1) is 6.92 Å². The third-order valence-corrected chi connectivity index (χ3v) is 4.55. The number of anilines is 3. The van der Waals surface area contributed by atoms with Gasteiger partial charge in [0, 0.05) is 24.0 Å². The number of hydrogen-bond acceptors (Lipinski definition) is 5. The Balaban J connectivity index is 1.59. The van der Waals surface area contributed by atoms with Crippen molar-refractivity contribution in [3.8, 4) is 5.75 Å². The molecule has 2 aromatic carbocycles. The highest BCUT2D eigenvalue weighted by Crippen LogP contribution is 2.29. The Labute approximate surface area is 157 Å². The number of nitrogens with one attached hydrogen (secondary N) is 1. The Kier molecular flexibility index (Phi) is 4.46. The zero-order valence-electron chi connectivity index (χ0n) is 15.3. The van der Waals surface area contributed by atoms with E-state index in [0.29, 0.717) is 23.9 Å². The van der Waals surface area contributed by atoms with Gasteiger partial charge in [-0.2, -0.15) is 0 Å². The molecule has 0 fully saturated rings. The summed E-state index contributed by atoms with van der Waals surface area (Å²) in [5, 5.41) is 3.22. The number of benzene rings is 2. The average molecular weight is 360 g/mol. The number of para-hydroxylation sites is 1. The number of ether oxygens (including phenoxy) is 1. The quantitative estimate of drug-likeness (QED) is 0.768. The van der Waals surface area contributed by atoms with Gasteiger partial charge in [0.25, 0.3) is 5.91 Å². The Hall–Kier alpha value is -3.41. The summed E-state index contributed by atoms with van der Waals surface area (Å²) in [6.45, 7) is 2.45. The molecule has 6 heteroatoms. The van der Waals surface area contributed by atoms with Gasteiger partial charge in [-0.3, -0.25) is 4.79 Å². The van der Waals surface area contributed by atoms with Crippen LogP contribution >= 0.6 is 0 Å². The number of rotatable bonds is 4. The fourth-order valence-electron chi connectivity index (χ4n) is 3.25. The molecule has 27 heavy (non-hydrogen) atoms. The van der Waals surface area contributed by atoms with Gasteiger partial charge in [0.2, 0.25) is 0 Å². The van der Waals surface area contributed by atoms with Crippen molar-refractivity contribution < 1.29 is 9.53 Å². The number of hydrogen-bond donors (Lipinski definition) is 1. The van der Waals surface area contributed by atoms with Crippen molar-refractivity contribution >= 4 is 23.1 Å². The van der Waals surface area contributed by atoms with E-state index in [4.69, 9.17) is 4.74 Å². The highest BCUT2D eigenvalue weighted by molar-refractivity contribution is 6.06. The molecule has 1 aliphatic rings. The SMILES string of the molecule is COc1ccc(Nc2cc(C(=O)N3CCc4ccccc43)nc(C)n2)cc1. The monoisotopic (exact) mass is 360 g/mol. The summed E-state index contributed by atoms with van der Waals surface area (Å²) in [5.74, 6) is 1.80. The number of carbonyl (C=O) groups is 1. The lowest BCUT2D eigenvalue weighted by molar-refractivity contribution is 0.0984. The minimum absolute atomic E-state index is 0.108. The van der Waals surface area contributed by atoms with E-state index >= 15 is 0 Å². The molecule has 0 saturated heterocycles. The van der Waals surface area contributed by atoms with Crippen molar-refractivity contribution in [1.29, 1.82) is 0 Å². The summed E-state index contributed by atoms with van der Waals surface area (Å²) in [4.78, 5) is 23.6. The van der Waals surface area contributed by atoms with Crippen LogP contribution in [0.25, 0.3) is 0 Å². The summed E-state index contributed by atoms with van der Waals surface area (Å²) in [6.07, 6.45) is 0.864. The molecule has 0 saturated carbocycles. The van der Waals surface area contributed by atoms with Gasteiger partial charge in [-0.1, -0.05) is 18.2 Å². The maximum absolute atomic E-state index is 13.0. The zero-order chi connectivity index (χ0) is 18.8. The Morgan fingerprint density at radius 2 is 1.89 bits per heavy atom. The molecule has 1 amide bonds. The number of aromatic nitrogens is 2. The van der Waals surface area contributed by atoms with Crippen LogP contribution in [-0.4, -0.2) is 29.5 Å². The first-order chi connectivity index (χ1) is 13.1. The van der Waals surface area contributed by atoms with Crippen LogP contribution in [0.1, 0.15) is 21.9 Å². The van der Waals surface area contributed by atoms with E-state index in [1.54, 1.807) is 25.0 Å². The summed E-state index contributed by atoms with van der Waals surface area (Å²) in [7, 11) is 1.63. The molecule has 3 aromatic rings. The molecule has 0 unspecified atom stereocenters. The molecule has 1 aromatic heterocycles. The van der Waals surface area contributed by atoms with Gasteiger partial charge in [-0.15, -0.1) is 0 Å². The van der Waals surface area contributed by atoms with Crippen LogP contribution in [0.4, 0.5) is 17.2 Å². The van der Waals surface area contributed by atoms with Gasteiger partial charge in [-0.25, -0.2) is 9.97 Å². The van der Waals surface area contributed by atoms with Gasteiger partial charge >= 0.3 is 0 Å². The Bertz CT molecular complexity index is 986. The summed E-state index contributed by atoms with van der Waals surface area (Å²) < 4.78 is 5.17. The summed E-state index contributed by atoms with van der Waals surface area (Å²) in [6, 6.07) is 17.2. The molecule has 0 bridgehead atoms. The lowest BCUT2D eigenvalue weighted by atomic mass is 10.2. The molecule has 4 rings (SSSR count). The standard InChI is InChI=1S/C21H20N4O2/c1-14-22-18(21(26)25-12-11-15-5-3-4-6-19(15)25)13-20(23-14)24-16-7-9-17(27-2)10-8-16/h3-10,13H,11-12H2,1-2H3,(H,22,23,24). The second kappa shape index (κ2) is 7.07. The normalized spacial score (nSPS) is 12.6. The van der Waals surface area contributed by atoms with E-state index in [1.165, 1.54) is 5.56 Å². The first-order valence-electron chi connectivity index (χ1n) is 8.80. The summed E-state index contributed by atoms with van der Waals surface area (Å²) in [5.41, 5.74) is 3.39. The molecule has 0 spiro atoms. The molecule has 136 valence electrons. The fourth-order valence-corrected chi connectivity index (χ4v) is 3.25. The number of aryl methyl sites for hydroxylation is 1. The van der Waals surface area contributed by atoms with Gasteiger partial charge in [0.05, 0.1) is 7.11 Å². The molecule has 0 aliphatic carbocycles. The van der Waals surface area contributed by atoms with E-state index in [-0.39, 0.29) is 5.91 Å². The van der Waals surface area contributed by atoms with E-state index in [2.05, 4.69) is 21.4 Å². The van der Waals surface area contributed by atoms with Crippen LogP contribution in [0.15, 0.2) is 54.6 Å². The van der Waals surface area contributed by atoms with Crippen molar-refractivity contribution in [1.82, 2.24) is 9.97 Å². The molecular weight excluding hydrogens is 340 g/mol. The van der Waals surface area contributed by atoms with E-state index in [9.17, 15) is 4.79 Å². The number of carbonyl (C=O) groups excluding carboxylic acids is 1. The number of methoxy groups -OCH3 is 1. The van der Waals surface area contributed by atoms with Gasteiger partial charge < -0.3 is 15.0 Å². The van der Waals surface area contributed by atoms with E-state index in [0.717, 1.165) is 23.5 Å². The van der Waals surface area contributed by atoms with Crippen molar-refractivity contribution in [3.63, 3.8) is 0 Å². The second-order valence-corrected chi connectivity index (χ2v) is 6.37. The molecule has 0 radical (unpaired) electrons. The van der Waals surface area contributed by atoms with Crippen LogP contribution in [-0.2, 0) is 6.42 Å². The molecule has 0 atom stereocenters. The third-order valence-electron chi connectivity index (χ3n) is 4.55. The number of amides is 1. The van der Waals surface area contributed by atoms with Crippen LogP contribution < -0.4 is 15.0 Å². The largest absolute Gasteiger partial charge is 0.497 e. The topological polar surface area (TPSA) is 67.3 Å². The molecule has 1 aliphatic heterocycles. The maximum atomic E-state index is 13.0. The highest BCUT2D eigenvalue weighted by Gasteiger charge is 2.26. The summed E-state index contributed by atoms with van der Waals surface area (Å²) >= 11 is 0. The first kappa shape index (κ1) is 17.0. The Morgan fingerprint density at radius 1 is 1.11 bits per heavy atom. The second-order valence-electron chi connectivity index (χ2n) is 6.37. The number of fused-ring (bicyclic) bond motifs is 1. The van der Waals surface area contributed by atoms with E-state index < -0.39 is 0 Å². The first-order valence-corrected chi connectivity index (χ1v) is 8.80. The number of nitrogens with zero attached hydrogens (tertiary/aromatic N) is 3. The Morgan fingerprint density at radius 3 is 2.67 bits per heavy atom. The fraction of sp³-hybridized carbons (Fsp3) is 0.190. The minimum atomic E-state index is -0.108. The van der Waals surface area contributed by atoms with Crippen LogP contribution in [0.5, 0.6) is 5.75 Å². The molecule has 6 nitrogen and oxygen atoms in total. The highest BCUT2D eigenvalue weighted by atomic mass is 16.5. The van der Waals surface area contributed by atoms with Crippen molar-refractivity contribution in [3.05, 3.63) is 71.7 Å².